The van der Waals surface area contributed by atoms with E-state index >= 15 is 0 Å². The number of nitrogens with zero attached hydrogens (tertiary/aromatic N) is 3. The average Bonchev–Trinajstić information content (AvgIpc) is 2.95. The topological polar surface area (TPSA) is 126 Å². The number of benzene rings is 2. The van der Waals surface area contributed by atoms with Crippen molar-refractivity contribution in [3.05, 3.63) is 48.0 Å². The number of aromatic nitrogens is 2. The Labute approximate surface area is 235 Å². The first-order chi connectivity index (χ1) is 19.4. The van der Waals surface area contributed by atoms with E-state index < -0.39 is 12.1 Å². The van der Waals surface area contributed by atoms with Crippen LogP contribution in [0.25, 0.3) is 10.9 Å². The smallest absolute Gasteiger partial charge is 0.490 e. The number of para-hydroxylation sites is 1. The number of carboxylic acid groups (broad SMARTS) is 1. The molecule has 4 rings (SSSR count). The molecular formula is C28H34F3N5O5. The number of fused-ring (bicyclic) bond motifs is 1. The molecule has 0 spiro atoms. The number of anilines is 2. The Bertz CT molecular complexity index is 1340. The van der Waals surface area contributed by atoms with Gasteiger partial charge >= 0.3 is 12.1 Å². The number of carboxylic acids is 1. The molecule has 222 valence electrons. The van der Waals surface area contributed by atoms with Crippen LogP contribution in [-0.4, -0.2) is 74.0 Å². The molecule has 1 saturated carbocycles. The van der Waals surface area contributed by atoms with Crippen LogP contribution in [0.2, 0.25) is 0 Å². The van der Waals surface area contributed by atoms with Crippen LogP contribution < -0.4 is 25.0 Å². The number of carbonyl (C=O) groups excluding carboxylic acids is 1. The minimum atomic E-state index is -5.08. The first-order valence-electron chi connectivity index (χ1n) is 12.9. The maximum Gasteiger partial charge on any atom is 0.490 e. The van der Waals surface area contributed by atoms with Crippen LogP contribution in [0.3, 0.4) is 0 Å². The fourth-order valence-corrected chi connectivity index (χ4v) is 4.48. The summed E-state index contributed by atoms with van der Waals surface area (Å²) in [6.07, 6.45) is -0.989. The van der Waals surface area contributed by atoms with Gasteiger partial charge < -0.3 is 30.1 Å². The molecule has 13 heteroatoms. The summed E-state index contributed by atoms with van der Waals surface area (Å²) in [6, 6.07) is 13.6. The van der Waals surface area contributed by atoms with Gasteiger partial charge in [-0.25, -0.2) is 9.78 Å². The van der Waals surface area contributed by atoms with Crippen LogP contribution in [-0.2, 0) is 4.79 Å². The SMILES string of the molecule is COc1ccc(C(=O)NCC2CCC(Nc3nc(N(C)C)c4ccccc4n3)CC2)c(OC)c1.O=C(O)C(F)(F)F. The number of nitrogens with one attached hydrogen (secondary N) is 2. The molecule has 1 aromatic heterocycles. The summed E-state index contributed by atoms with van der Waals surface area (Å²) < 4.78 is 42.3. The molecule has 1 aliphatic rings. The number of alkyl halides is 3. The van der Waals surface area contributed by atoms with E-state index in [0.717, 1.165) is 42.4 Å². The summed E-state index contributed by atoms with van der Waals surface area (Å²) in [4.78, 5) is 33.1. The summed E-state index contributed by atoms with van der Waals surface area (Å²) in [5, 5.41) is 14.8. The van der Waals surface area contributed by atoms with Crippen LogP contribution >= 0.6 is 0 Å². The predicted molar refractivity (Wildman–Crippen MR) is 149 cm³/mol. The third-order valence-electron chi connectivity index (χ3n) is 6.63. The lowest BCUT2D eigenvalue weighted by molar-refractivity contribution is -0.192. The Kier molecular flexibility index (Phi) is 10.6. The van der Waals surface area contributed by atoms with Gasteiger partial charge in [-0.05, 0) is 55.9 Å². The van der Waals surface area contributed by atoms with Crippen molar-refractivity contribution in [2.75, 3.05) is 45.1 Å². The van der Waals surface area contributed by atoms with Gasteiger partial charge in [0, 0.05) is 38.1 Å². The van der Waals surface area contributed by atoms with Crippen molar-refractivity contribution < 1.29 is 37.3 Å². The largest absolute Gasteiger partial charge is 0.497 e. The lowest BCUT2D eigenvalue weighted by Crippen LogP contribution is -2.34. The lowest BCUT2D eigenvalue weighted by atomic mass is 9.86. The van der Waals surface area contributed by atoms with Gasteiger partial charge in [0.1, 0.15) is 17.3 Å². The van der Waals surface area contributed by atoms with Gasteiger partial charge in [0.2, 0.25) is 5.95 Å². The van der Waals surface area contributed by atoms with Crippen molar-refractivity contribution in [3.8, 4) is 11.5 Å². The zero-order chi connectivity index (χ0) is 30.2. The molecule has 10 nitrogen and oxygen atoms in total. The molecule has 0 atom stereocenters. The number of hydrogen-bond acceptors (Lipinski definition) is 8. The van der Waals surface area contributed by atoms with Gasteiger partial charge in [0.15, 0.2) is 0 Å². The number of ether oxygens (including phenoxy) is 2. The minimum Gasteiger partial charge on any atom is -0.497 e. The molecule has 1 amide bonds. The van der Waals surface area contributed by atoms with Crippen molar-refractivity contribution in [2.24, 2.45) is 5.92 Å². The molecule has 0 bridgehead atoms. The number of carbonyl (C=O) groups is 2. The maximum absolute atomic E-state index is 12.7. The Morgan fingerprint density at radius 2 is 1.68 bits per heavy atom. The molecular weight excluding hydrogens is 543 g/mol. The number of rotatable bonds is 8. The van der Waals surface area contributed by atoms with Gasteiger partial charge in [0.25, 0.3) is 5.91 Å². The van der Waals surface area contributed by atoms with Crippen LogP contribution in [0.5, 0.6) is 11.5 Å². The lowest BCUT2D eigenvalue weighted by Gasteiger charge is -2.29. The van der Waals surface area contributed by atoms with Crippen molar-refractivity contribution in [3.63, 3.8) is 0 Å². The number of amides is 1. The van der Waals surface area contributed by atoms with Crippen molar-refractivity contribution in [1.29, 1.82) is 0 Å². The third kappa shape index (κ3) is 8.60. The molecule has 1 aliphatic carbocycles. The fraction of sp³-hybridized carbons (Fsp3) is 0.429. The van der Waals surface area contributed by atoms with Crippen molar-refractivity contribution in [2.45, 2.75) is 37.9 Å². The van der Waals surface area contributed by atoms with Crippen molar-refractivity contribution in [1.82, 2.24) is 15.3 Å². The average molecular weight is 578 g/mol. The van der Waals surface area contributed by atoms with Gasteiger partial charge in [-0.2, -0.15) is 18.2 Å². The highest BCUT2D eigenvalue weighted by molar-refractivity contribution is 5.97. The van der Waals surface area contributed by atoms with E-state index in [1.165, 1.54) is 0 Å². The van der Waals surface area contributed by atoms with E-state index in [1.54, 1.807) is 32.4 Å². The predicted octanol–water partition coefficient (Wildman–Crippen LogP) is 4.75. The number of halogens is 3. The van der Waals surface area contributed by atoms with E-state index in [9.17, 15) is 18.0 Å². The normalized spacial score (nSPS) is 16.7. The maximum atomic E-state index is 12.7. The first-order valence-corrected chi connectivity index (χ1v) is 12.9. The number of aliphatic carboxylic acids is 1. The number of methoxy groups -OCH3 is 2. The van der Waals surface area contributed by atoms with Gasteiger partial charge in [-0.3, -0.25) is 4.79 Å². The third-order valence-corrected chi connectivity index (χ3v) is 6.63. The van der Waals surface area contributed by atoms with E-state index in [2.05, 4.69) is 16.7 Å². The molecule has 0 saturated heterocycles. The number of hydrogen-bond donors (Lipinski definition) is 3. The molecule has 1 fully saturated rings. The summed E-state index contributed by atoms with van der Waals surface area (Å²) in [7, 11) is 7.15. The second kappa shape index (κ2) is 13.9. The highest BCUT2D eigenvalue weighted by atomic mass is 19.4. The second-order valence-electron chi connectivity index (χ2n) is 9.72. The minimum absolute atomic E-state index is 0.125. The van der Waals surface area contributed by atoms with E-state index in [0.29, 0.717) is 41.5 Å². The molecule has 41 heavy (non-hydrogen) atoms. The van der Waals surface area contributed by atoms with Gasteiger partial charge in [0.05, 0.1) is 25.3 Å². The molecule has 1 heterocycles. The molecule has 0 unspecified atom stereocenters. The highest BCUT2D eigenvalue weighted by Crippen LogP contribution is 2.29. The van der Waals surface area contributed by atoms with Crippen LogP contribution in [0.15, 0.2) is 42.5 Å². The standard InChI is InChI=1S/C26H33N5O3.C2HF3O2/c1-31(2)24-20-7-5-6-8-22(20)29-26(30-24)28-18-11-9-17(10-12-18)16-27-25(32)21-14-13-19(33-3)15-23(21)34-4;3-2(4,5)1(6)7/h5-8,13-15,17-18H,9-12,16H2,1-4H3,(H,27,32)(H,28,29,30);(H,6,7). The van der Waals surface area contributed by atoms with Gasteiger partial charge in [-0.1, -0.05) is 12.1 Å². The summed E-state index contributed by atoms with van der Waals surface area (Å²) in [5.74, 6) is 0.322. The fourth-order valence-electron chi connectivity index (χ4n) is 4.48. The van der Waals surface area contributed by atoms with Gasteiger partial charge in [-0.15, -0.1) is 0 Å². The zero-order valence-corrected chi connectivity index (χ0v) is 23.3. The molecule has 3 aromatic rings. The summed E-state index contributed by atoms with van der Waals surface area (Å²) >= 11 is 0. The molecule has 0 radical (unpaired) electrons. The highest BCUT2D eigenvalue weighted by Gasteiger charge is 2.38. The monoisotopic (exact) mass is 577 g/mol. The Hall–Kier alpha value is -4.29. The zero-order valence-electron chi connectivity index (χ0n) is 23.3. The Morgan fingerprint density at radius 3 is 2.27 bits per heavy atom. The Morgan fingerprint density at radius 1 is 1.02 bits per heavy atom. The van der Waals surface area contributed by atoms with E-state index in [4.69, 9.17) is 29.3 Å². The molecule has 3 N–H and O–H groups in total. The van der Waals surface area contributed by atoms with E-state index in [-0.39, 0.29) is 5.91 Å². The van der Waals surface area contributed by atoms with Crippen LogP contribution in [0, 0.1) is 5.92 Å². The quantitative estimate of drug-likeness (QED) is 0.348. The second-order valence-corrected chi connectivity index (χ2v) is 9.72. The van der Waals surface area contributed by atoms with E-state index in [1.807, 2.05) is 37.2 Å². The molecule has 2 aromatic carbocycles. The van der Waals surface area contributed by atoms with Crippen molar-refractivity contribution >= 4 is 34.5 Å². The summed E-state index contributed by atoms with van der Waals surface area (Å²) in [5.41, 5.74) is 1.46. The molecule has 0 aliphatic heterocycles. The van der Waals surface area contributed by atoms with Crippen LogP contribution in [0.1, 0.15) is 36.0 Å². The first kappa shape index (κ1) is 31.2. The Balaban J connectivity index is 0.000000587. The summed E-state index contributed by atoms with van der Waals surface area (Å²) in [6.45, 7) is 0.651. The van der Waals surface area contributed by atoms with Crippen LogP contribution in [0.4, 0.5) is 24.9 Å².